The highest BCUT2D eigenvalue weighted by Crippen LogP contribution is 2.58. The maximum atomic E-state index is 5.85. The molecule has 0 aromatic heterocycles. The summed E-state index contributed by atoms with van der Waals surface area (Å²) < 4.78 is 11.7. The van der Waals surface area contributed by atoms with Crippen molar-refractivity contribution in [2.24, 2.45) is 23.7 Å². The van der Waals surface area contributed by atoms with Crippen molar-refractivity contribution in [1.82, 2.24) is 0 Å². The quantitative estimate of drug-likeness (QED) is 0.670. The van der Waals surface area contributed by atoms with Gasteiger partial charge in [0.1, 0.15) is 13.2 Å². The van der Waals surface area contributed by atoms with Crippen molar-refractivity contribution in [3.8, 4) is 11.5 Å². The van der Waals surface area contributed by atoms with Gasteiger partial charge in [0.25, 0.3) is 0 Å². The average molecular weight is 322 g/mol. The minimum absolute atomic E-state index is 0.0491. The first-order valence-corrected chi connectivity index (χ1v) is 9.36. The highest BCUT2D eigenvalue weighted by atomic mass is 16.6. The molecule has 0 saturated heterocycles. The standard InChI is InChI=1S/C22H26O2/c1-12-7-14-8-16-17-10-20-21(24-6-5-23-20)11-19(17)22(3,4)18(16)9-15(14)13(12)2/h8-15H,5-7H2,1-4H3. The smallest absolute Gasteiger partial charge is 0.161 e. The van der Waals surface area contributed by atoms with Gasteiger partial charge in [0, 0.05) is 5.41 Å². The SMILES string of the molecule is CC1CC2C=C3C(=CC2C1C)C(C)(C)c1cc2c(cc13)OCCO2. The molecule has 1 aliphatic heterocycles. The summed E-state index contributed by atoms with van der Waals surface area (Å²) in [5.41, 5.74) is 5.77. The second-order valence-electron chi connectivity index (χ2n) is 8.64. The molecular formula is C22H26O2. The Morgan fingerprint density at radius 2 is 1.71 bits per heavy atom. The van der Waals surface area contributed by atoms with Crippen LogP contribution in [-0.4, -0.2) is 13.2 Å². The number of fused-ring (bicyclic) bond motifs is 5. The summed E-state index contributed by atoms with van der Waals surface area (Å²) in [6, 6.07) is 4.45. The third-order valence-electron chi connectivity index (χ3n) is 6.99. The Morgan fingerprint density at radius 3 is 2.46 bits per heavy atom. The van der Waals surface area contributed by atoms with E-state index in [9.17, 15) is 0 Å². The fourth-order valence-corrected chi connectivity index (χ4v) is 5.36. The summed E-state index contributed by atoms with van der Waals surface area (Å²) in [6.45, 7) is 10.9. The lowest BCUT2D eigenvalue weighted by Crippen LogP contribution is -2.21. The second kappa shape index (κ2) is 4.68. The van der Waals surface area contributed by atoms with E-state index in [1.54, 1.807) is 0 Å². The van der Waals surface area contributed by atoms with Crippen molar-refractivity contribution in [2.45, 2.75) is 39.5 Å². The van der Waals surface area contributed by atoms with Crippen LogP contribution < -0.4 is 9.47 Å². The van der Waals surface area contributed by atoms with Gasteiger partial charge in [0.2, 0.25) is 0 Å². The summed E-state index contributed by atoms with van der Waals surface area (Å²) in [6.07, 6.45) is 6.50. The highest BCUT2D eigenvalue weighted by Gasteiger charge is 2.46. The Bertz CT molecular complexity index is 783. The third-order valence-corrected chi connectivity index (χ3v) is 6.99. The molecular weight excluding hydrogens is 296 g/mol. The molecule has 0 N–H and O–H groups in total. The Hall–Kier alpha value is -1.70. The van der Waals surface area contributed by atoms with Gasteiger partial charge in [-0.25, -0.2) is 0 Å². The van der Waals surface area contributed by atoms with Crippen molar-refractivity contribution in [2.75, 3.05) is 13.2 Å². The molecule has 0 amide bonds. The average Bonchev–Trinajstić information content (AvgIpc) is 2.97. The van der Waals surface area contributed by atoms with E-state index in [1.165, 1.54) is 28.7 Å². The fourth-order valence-electron chi connectivity index (χ4n) is 5.36. The van der Waals surface area contributed by atoms with Crippen molar-refractivity contribution >= 4 is 5.57 Å². The molecule has 126 valence electrons. The van der Waals surface area contributed by atoms with Gasteiger partial charge in [-0.1, -0.05) is 39.8 Å². The van der Waals surface area contributed by atoms with E-state index in [-0.39, 0.29) is 5.41 Å². The Labute approximate surface area is 144 Å². The molecule has 3 aliphatic carbocycles. The van der Waals surface area contributed by atoms with Crippen LogP contribution in [0.1, 0.15) is 45.2 Å². The lowest BCUT2D eigenvalue weighted by atomic mass is 9.75. The largest absolute Gasteiger partial charge is 0.486 e. The number of hydrogen-bond donors (Lipinski definition) is 0. The zero-order valence-electron chi connectivity index (χ0n) is 15.1. The van der Waals surface area contributed by atoms with E-state index in [0.29, 0.717) is 25.0 Å². The molecule has 4 aliphatic rings. The molecule has 1 saturated carbocycles. The van der Waals surface area contributed by atoms with Crippen molar-refractivity contribution < 1.29 is 9.47 Å². The Morgan fingerprint density at radius 1 is 1.00 bits per heavy atom. The van der Waals surface area contributed by atoms with Crippen molar-refractivity contribution in [3.05, 3.63) is 41.0 Å². The molecule has 4 unspecified atom stereocenters. The molecule has 2 heteroatoms. The van der Waals surface area contributed by atoms with Crippen LogP contribution in [0.5, 0.6) is 11.5 Å². The maximum absolute atomic E-state index is 5.85. The number of ether oxygens (including phenoxy) is 2. The Balaban J connectivity index is 1.69. The first kappa shape index (κ1) is 14.6. The van der Waals surface area contributed by atoms with Gasteiger partial charge in [-0.2, -0.15) is 0 Å². The Kier molecular flexibility index (Phi) is 2.85. The van der Waals surface area contributed by atoms with Crippen LogP contribution >= 0.6 is 0 Å². The van der Waals surface area contributed by atoms with E-state index >= 15 is 0 Å². The molecule has 0 bridgehead atoms. The van der Waals surface area contributed by atoms with Gasteiger partial charge in [-0.05, 0) is 64.5 Å². The number of hydrogen-bond acceptors (Lipinski definition) is 2. The summed E-state index contributed by atoms with van der Waals surface area (Å²) >= 11 is 0. The van der Waals surface area contributed by atoms with Crippen LogP contribution in [-0.2, 0) is 5.41 Å². The number of benzene rings is 1. The van der Waals surface area contributed by atoms with E-state index < -0.39 is 0 Å². The molecule has 5 rings (SSSR count). The van der Waals surface area contributed by atoms with E-state index in [1.807, 2.05) is 0 Å². The predicted octanol–water partition coefficient (Wildman–Crippen LogP) is 4.98. The maximum Gasteiger partial charge on any atom is 0.161 e. The van der Waals surface area contributed by atoms with Gasteiger partial charge in [0.05, 0.1) is 0 Å². The third kappa shape index (κ3) is 1.77. The molecule has 1 heterocycles. The molecule has 2 nitrogen and oxygen atoms in total. The van der Waals surface area contributed by atoms with Crippen LogP contribution in [0.15, 0.2) is 29.9 Å². The normalized spacial score (nSPS) is 34.8. The first-order valence-electron chi connectivity index (χ1n) is 9.36. The van der Waals surface area contributed by atoms with Crippen LogP contribution in [0.4, 0.5) is 0 Å². The van der Waals surface area contributed by atoms with E-state index in [0.717, 1.165) is 23.3 Å². The minimum Gasteiger partial charge on any atom is -0.486 e. The second-order valence-corrected chi connectivity index (χ2v) is 8.64. The summed E-state index contributed by atoms with van der Waals surface area (Å²) in [4.78, 5) is 0. The molecule has 1 fully saturated rings. The molecule has 4 atom stereocenters. The minimum atomic E-state index is 0.0491. The number of rotatable bonds is 0. The monoisotopic (exact) mass is 322 g/mol. The predicted molar refractivity (Wildman–Crippen MR) is 96.4 cm³/mol. The lowest BCUT2D eigenvalue weighted by molar-refractivity contribution is 0.171. The topological polar surface area (TPSA) is 18.5 Å². The number of allylic oxidation sites excluding steroid dienone is 4. The first-order chi connectivity index (χ1) is 11.5. The van der Waals surface area contributed by atoms with Crippen molar-refractivity contribution in [3.63, 3.8) is 0 Å². The summed E-state index contributed by atoms with van der Waals surface area (Å²) in [5.74, 6) is 4.82. The fraction of sp³-hybridized carbons (Fsp3) is 0.545. The summed E-state index contributed by atoms with van der Waals surface area (Å²) in [5, 5.41) is 0. The molecule has 24 heavy (non-hydrogen) atoms. The van der Waals surface area contributed by atoms with Gasteiger partial charge in [0.15, 0.2) is 11.5 Å². The van der Waals surface area contributed by atoms with Gasteiger partial charge in [-0.15, -0.1) is 0 Å². The van der Waals surface area contributed by atoms with Crippen LogP contribution in [0.3, 0.4) is 0 Å². The zero-order valence-corrected chi connectivity index (χ0v) is 15.1. The molecule has 0 spiro atoms. The van der Waals surface area contributed by atoms with Crippen LogP contribution in [0.2, 0.25) is 0 Å². The van der Waals surface area contributed by atoms with Gasteiger partial charge in [-0.3, -0.25) is 0 Å². The van der Waals surface area contributed by atoms with Gasteiger partial charge >= 0.3 is 0 Å². The van der Waals surface area contributed by atoms with E-state index in [4.69, 9.17) is 9.47 Å². The zero-order chi connectivity index (χ0) is 16.6. The molecule has 1 aromatic carbocycles. The lowest BCUT2D eigenvalue weighted by Gasteiger charge is -2.29. The molecule has 0 radical (unpaired) electrons. The van der Waals surface area contributed by atoms with Gasteiger partial charge < -0.3 is 9.47 Å². The molecule has 1 aromatic rings. The highest BCUT2D eigenvalue weighted by molar-refractivity contribution is 5.91. The van der Waals surface area contributed by atoms with Crippen LogP contribution in [0.25, 0.3) is 5.57 Å². The summed E-state index contributed by atoms with van der Waals surface area (Å²) in [7, 11) is 0. The van der Waals surface area contributed by atoms with Crippen LogP contribution in [0, 0.1) is 23.7 Å². The van der Waals surface area contributed by atoms with Crippen molar-refractivity contribution in [1.29, 1.82) is 0 Å². The van der Waals surface area contributed by atoms with E-state index in [2.05, 4.69) is 52.0 Å².